The van der Waals surface area contributed by atoms with Crippen LogP contribution in [0.5, 0.6) is 0 Å². The SMILES string of the molecule is Clc1ccc(N2CCN(Cc3ccc4c(c3)NCCN4)CC2)cc1Cl. The van der Waals surface area contributed by atoms with Crippen LogP contribution in [-0.4, -0.2) is 44.2 Å². The van der Waals surface area contributed by atoms with Crippen molar-refractivity contribution in [2.24, 2.45) is 0 Å². The highest BCUT2D eigenvalue weighted by atomic mass is 35.5. The molecule has 1 saturated heterocycles. The van der Waals surface area contributed by atoms with Crippen LogP contribution in [0.3, 0.4) is 0 Å². The highest BCUT2D eigenvalue weighted by Gasteiger charge is 2.18. The monoisotopic (exact) mass is 376 g/mol. The van der Waals surface area contributed by atoms with Gasteiger partial charge in [-0.15, -0.1) is 0 Å². The Morgan fingerprint density at radius 1 is 0.800 bits per heavy atom. The Balaban J connectivity index is 1.36. The average Bonchev–Trinajstić information content (AvgIpc) is 2.65. The summed E-state index contributed by atoms with van der Waals surface area (Å²) in [6, 6.07) is 12.6. The van der Waals surface area contributed by atoms with Gasteiger partial charge in [-0.1, -0.05) is 29.3 Å². The first-order valence-electron chi connectivity index (χ1n) is 8.72. The number of hydrogen-bond acceptors (Lipinski definition) is 4. The van der Waals surface area contributed by atoms with Gasteiger partial charge in [0.05, 0.1) is 21.4 Å². The number of piperazine rings is 1. The molecule has 2 aromatic carbocycles. The topological polar surface area (TPSA) is 30.5 Å². The van der Waals surface area contributed by atoms with Crippen molar-refractivity contribution in [1.29, 1.82) is 0 Å². The maximum Gasteiger partial charge on any atom is 0.0612 e. The van der Waals surface area contributed by atoms with Crippen LogP contribution in [0.2, 0.25) is 10.0 Å². The molecule has 4 rings (SSSR count). The average molecular weight is 377 g/mol. The Morgan fingerprint density at radius 3 is 2.32 bits per heavy atom. The third-order valence-corrected chi connectivity index (χ3v) is 5.63. The van der Waals surface area contributed by atoms with E-state index in [4.69, 9.17) is 23.2 Å². The lowest BCUT2D eigenvalue weighted by molar-refractivity contribution is 0.250. The van der Waals surface area contributed by atoms with Crippen LogP contribution in [0.1, 0.15) is 5.56 Å². The second-order valence-electron chi connectivity index (χ2n) is 6.60. The first-order chi connectivity index (χ1) is 12.2. The van der Waals surface area contributed by atoms with E-state index in [0.29, 0.717) is 10.0 Å². The number of fused-ring (bicyclic) bond motifs is 1. The smallest absolute Gasteiger partial charge is 0.0612 e. The summed E-state index contributed by atoms with van der Waals surface area (Å²) in [6.07, 6.45) is 0. The highest BCUT2D eigenvalue weighted by Crippen LogP contribution is 2.29. The zero-order valence-electron chi connectivity index (χ0n) is 14.1. The molecule has 0 atom stereocenters. The van der Waals surface area contributed by atoms with E-state index in [1.54, 1.807) is 0 Å². The fraction of sp³-hybridized carbons (Fsp3) is 0.368. The fourth-order valence-corrected chi connectivity index (χ4v) is 3.78. The van der Waals surface area contributed by atoms with Gasteiger partial charge in [0.1, 0.15) is 0 Å². The minimum atomic E-state index is 0.611. The Morgan fingerprint density at radius 2 is 1.56 bits per heavy atom. The second-order valence-corrected chi connectivity index (χ2v) is 7.41. The lowest BCUT2D eigenvalue weighted by atomic mass is 10.1. The summed E-state index contributed by atoms with van der Waals surface area (Å²) >= 11 is 12.2. The molecule has 2 aromatic rings. The molecule has 6 heteroatoms. The molecule has 0 aliphatic carbocycles. The molecule has 25 heavy (non-hydrogen) atoms. The molecular formula is C19H22Cl2N4. The standard InChI is InChI=1S/C19H22Cl2N4/c20-16-3-2-15(12-17(16)21)25-9-7-24(8-10-25)13-14-1-4-18-19(11-14)23-6-5-22-18/h1-4,11-12,22-23H,5-10,13H2. The van der Waals surface area contributed by atoms with Gasteiger partial charge in [-0.05, 0) is 35.9 Å². The van der Waals surface area contributed by atoms with Crippen LogP contribution in [0, 0.1) is 0 Å². The van der Waals surface area contributed by atoms with E-state index in [-0.39, 0.29) is 0 Å². The molecule has 0 bridgehead atoms. The van der Waals surface area contributed by atoms with Crippen LogP contribution in [-0.2, 0) is 6.54 Å². The summed E-state index contributed by atoms with van der Waals surface area (Å²) in [5.74, 6) is 0. The van der Waals surface area contributed by atoms with E-state index in [1.165, 1.54) is 16.9 Å². The molecule has 132 valence electrons. The second kappa shape index (κ2) is 7.32. The molecule has 4 nitrogen and oxygen atoms in total. The largest absolute Gasteiger partial charge is 0.382 e. The number of halogens is 2. The van der Waals surface area contributed by atoms with Crippen molar-refractivity contribution >= 4 is 40.3 Å². The van der Waals surface area contributed by atoms with Crippen molar-refractivity contribution in [2.75, 3.05) is 54.8 Å². The maximum atomic E-state index is 6.15. The zero-order valence-corrected chi connectivity index (χ0v) is 15.6. The van der Waals surface area contributed by atoms with Gasteiger partial charge in [-0.3, -0.25) is 4.90 Å². The van der Waals surface area contributed by atoms with E-state index in [9.17, 15) is 0 Å². The van der Waals surface area contributed by atoms with E-state index in [2.05, 4.69) is 38.6 Å². The molecule has 0 saturated carbocycles. The number of benzene rings is 2. The molecule has 2 heterocycles. The van der Waals surface area contributed by atoms with Crippen LogP contribution < -0.4 is 15.5 Å². The molecule has 0 unspecified atom stereocenters. The van der Waals surface area contributed by atoms with Crippen LogP contribution in [0.4, 0.5) is 17.1 Å². The van der Waals surface area contributed by atoms with Gasteiger partial charge in [0, 0.05) is 51.5 Å². The third-order valence-electron chi connectivity index (χ3n) is 4.89. The van der Waals surface area contributed by atoms with Crippen molar-refractivity contribution in [2.45, 2.75) is 6.54 Å². The summed E-state index contributed by atoms with van der Waals surface area (Å²) in [5.41, 5.74) is 4.94. The predicted molar refractivity (Wildman–Crippen MR) is 107 cm³/mol. The van der Waals surface area contributed by atoms with E-state index >= 15 is 0 Å². The molecule has 2 aliphatic heterocycles. The number of anilines is 3. The summed E-state index contributed by atoms with van der Waals surface area (Å²) in [7, 11) is 0. The Bertz CT molecular complexity index is 757. The van der Waals surface area contributed by atoms with E-state index in [1.807, 2.05) is 18.2 Å². The van der Waals surface area contributed by atoms with Crippen LogP contribution in [0.25, 0.3) is 0 Å². The van der Waals surface area contributed by atoms with Gasteiger partial charge in [0.15, 0.2) is 0 Å². The molecule has 0 spiro atoms. The van der Waals surface area contributed by atoms with Crippen molar-refractivity contribution < 1.29 is 0 Å². The van der Waals surface area contributed by atoms with Gasteiger partial charge in [-0.2, -0.15) is 0 Å². The fourth-order valence-electron chi connectivity index (χ4n) is 3.49. The number of rotatable bonds is 3. The number of nitrogens with one attached hydrogen (secondary N) is 2. The minimum absolute atomic E-state index is 0.611. The van der Waals surface area contributed by atoms with Crippen molar-refractivity contribution in [1.82, 2.24) is 4.90 Å². The van der Waals surface area contributed by atoms with Gasteiger partial charge in [0.25, 0.3) is 0 Å². The molecule has 0 amide bonds. The lowest BCUT2D eigenvalue weighted by Crippen LogP contribution is -2.46. The van der Waals surface area contributed by atoms with Crippen LogP contribution in [0.15, 0.2) is 36.4 Å². The summed E-state index contributed by atoms with van der Waals surface area (Å²) < 4.78 is 0. The molecule has 2 aliphatic rings. The maximum absolute atomic E-state index is 6.15. The lowest BCUT2D eigenvalue weighted by Gasteiger charge is -2.36. The van der Waals surface area contributed by atoms with Crippen molar-refractivity contribution in [3.63, 3.8) is 0 Å². The van der Waals surface area contributed by atoms with Crippen molar-refractivity contribution in [3.05, 3.63) is 52.0 Å². The zero-order chi connectivity index (χ0) is 17.2. The normalized spacial score (nSPS) is 17.6. The summed E-state index contributed by atoms with van der Waals surface area (Å²) in [4.78, 5) is 4.88. The molecule has 1 fully saturated rings. The predicted octanol–water partition coefficient (Wildman–Crippen LogP) is 4.15. The third kappa shape index (κ3) is 3.81. The highest BCUT2D eigenvalue weighted by molar-refractivity contribution is 6.42. The Labute approximate surface area is 158 Å². The van der Waals surface area contributed by atoms with Crippen LogP contribution >= 0.6 is 23.2 Å². The first-order valence-corrected chi connectivity index (χ1v) is 9.48. The van der Waals surface area contributed by atoms with E-state index < -0.39 is 0 Å². The molecule has 0 aromatic heterocycles. The molecule has 0 radical (unpaired) electrons. The Kier molecular flexibility index (Phi) is 4.93. The number of nitrogens with zero attached hydrogens (tertiary/aromatic N) is 2. The Hall–Kier alpha value is -1.62. The minimum Gasteiger partial charge on any atom is -0.382 e. The first kappa shape index (κ1) is 16.8. The van der Waals surface area contributed by atoms with Gasteiger partial charge < -0.3 is 15.5 Å². The quantitative estimate of drug-likeness (QED) is 0.841. The van der Waals surface area contributed by atoms with Gasteiger partial charge in [-0.25, -0.2) is 0 Å². The summed E-state index contributed by atoms with van der Waals surface area (Å²) in [6.45, 7) is 7.06. The van der Waals surface area contributed by atoms with E-state index in [0.717, 1.165) is 51.5 Å². The number of hydrogen-bond donors (Lipinski definition) is 2. The van der Waals surface area contributed by atoms with Gasteiger partial charge in [0.2, 0.25) is 0 Å². The van der Waals surface area contributed by atoms with Crippen molar-refractivity contribution in [3.8, 4) is 0 Å². The van der Waals surface area contributed by atoms with Gasteiger partial charge >= 0.3 is 0 Å². The molecule has 2 N–H and O–H groups in total. The summed E-state index contributed by atoms with van der Waals surface area (Å²) in [5, 5.41) is 8.12. The molecular weight excluding hydrogens is 355 g/mol.